The molecule has 0 amide bonds. The molecule has 0 aliphatic heterocycles. The fraction of sp³-hybridized carbons (Fsp3) is 0.700. The third kappa shape index (κ3) is 5.18. The number of sulfonamides is 1. The molecule has 1 aliphatic carbocycles. The average Bonchev–Trinajstić information content (AvgIpc) is 3.12. The second-order valence-corrected chi connectivity index (χ2v) is 10.0. The van der Waals surface area contributed by atoms with Crippen LogP contribution in [0.3, 0.4) is 0 Å². The number of oxazole rings is 1. The molecule has 2 heterocycles. The summed E-state index contributed by atoms with van der Waals surface area (Å²) in [5.74, 6) is 2.05. The number of nitrogens with zero attached hydrogens (tertiary/aromatic N) is 5. The minimum absolute atomic E-state index is 0.0755. The summed E-state index contributed by atoms with van der Waals surface area (Å²) < 4.78 is 32.8. The molecule has 11 nitrogen and oxygen atoms in total. The van der Waals surface area contributed by atoms with Crippen LogP contribution in [-0.4, -0.2) is 58.8 Å². The first kappa shape index (κ1) is 24.3. The third-order valence-corrected chi connectivity index (χ3v) is 7.76. The highest BCUT2D eigenvalue weighted by atomic mass is 32.2. The molecule has 178 valence electrons. The van der Waals surface area contributed by atoms with Gasteiger partial charge in [-0.05, 0) is 52.4 Å². The van der Waals surface area contributed by atoms with E-state index in [1.807, 2.05) is 13.8 Å². The van der Waals surface area contributed by atoms with Gasteiger partial charge in [0.1, 0.15) is 0 Å². The standard InChI is InChI=1S/C20H34N8O3S/c1-6-22-19-25-17(26-20(27-19)23-7-2)16(21)14-8-10-15(11-9-14)28(5)32(29,30)18-12(3)24-13(4)31-18/h14-16H,6-11,21H2,1-5H3,(H2,22,23,25,26,27). The molecular formula is C20H34N8O3S. The Bertz CT molecular complexity index is 994. The first-order valence-electron chi connectivity index (χ1n) is 11.1. The lowest BCUT2D eigenvalue weighted by atomic mass is 9.81. The van der Waals surface area contributed by atoms with Gasteiger partial charge in [-0.3, -0.25) is 0 Å². The van der Waals surface area contributed by atoms with E-state index < -0.39 is 10.0 Å². The van der Waals surface area contributed by atoms with Gasteiger partial charge in [-0.15, -0.1) is 0 Å². The van der Waals surface area contributed by atoms with Crippen molar-refractivity contribution in [3.63, 3.8) is 0 Å². The zero-order valence-electron chi connectivity index (χ0n) is 19.4. The van der Waals surface area contributed by atoms with E-state index in [0.29, 0.717) is 55.2 Å². The lowest BCUT2D eigenvalue weighted by Crippen LogP contribution is -2.41. The van der Waals surface area contributed by atoms with Gasteiger partial charge in [0.05, 0.1) is 11.7 Å². The summed E-state index contributed by atoms with van der Waals surface area (Å²) in [6, 6.07) is -0.476. The molecule has 3 rings (SSSR count). The quantitative estimate of drug-likeness (QED) is 0.501. The molecule has 1 aliphatic rings. The van der Waals surface area contributed by atoms with E-state index in [1.54, 1.807) is 20.9 Å². The van der Waals surface area contributed by atoms with E-state index in [1.165, 1.54) is 4.31 Å². The highest BCUT2D eigenvalue weighted by Gasteiger charge is 2.36. The first-order valence-corrected chi connectivity index (χ1v) is 12.5. The molecule has 2 aromatic heterocycles. The van der Waals surface area contributed by atoms with Crippen LogP contribution >= 0.6 is 0 Å². The topological polar surface area (TPSA) is 152 Å². The lowest BCUT2D eigenvalue weighted by molar-refractivity contribution is 0.210. The normalized spacial score (nSPS) is 20.3. The summed E-state index contributed by atoms with van der Waals surface area (Å²) in [6.07, 6.45) is 2.95. The van der Waals surface area contributed by atoms with E-state index in [0.717, 1.165) is 12.8 Å². The molecule has 1 atom stereocenters. The highest BCUT2D eigenvalue weighted by Crippen LogP contribution is 2.35. The SMILES string of the molecule is CCNc1nc(NCC)nc(C(N)C2CCC(N(C)S(=O)(=O)c3oc(C)nc3C)CC2)n1. The van der Waals surface area contributed by atoms with Gasteiger partial charge in [-0.2, -0.15) is 19.3 Å². The Morgan fingerprint density at radius 3 is 2.06 bits per heavy atom. The molecule has 4 N–H and O–H groups in total. The predicted octanol–water partition coefficient (Wildman–Crippen LogP) is 2.22. The number of aromatic nitrogens is 4. The third-order valence-electron chi connectivity index (χ3n) is 5.86. The van der Waals surface area contributed by atoms with Gasteiger partial charge in [-0.1, -0.05) is 0 Å². The fourth-order valence-corrected chi connectivity index (χ4v) is 5.64. The maximum Gasteiger partial charge on any atom is 0.278 e. The van der Waals surface area contributed by atoms with Crippen molar-refractivity contribution >= 4 is 21.9 Å². The lowest BCUT2D eigenvalue weighted by Gasteiger charge is -2.35. The second kappa shape index (κ2) is 10.1. The smallest absolute Gasteiger partial charge is 0.278 e. The number of hydrogen-bond acceptors (Lipinski definition) is 10. The Morgan fingerprint density at radius 2 is 1.59 bits per heavy atom. The van der Waals surface area contributed by atoms with E-state index in [9.17, 15) is 8.42 Å². The van der Waals surface area contributed by atoms with Crippen LogP contribution < -0.4 is 16.4 Å². The molecule has 0 aromatic carbocycles. The van der Waals surface area contributed by atoms with Crippen LogP contribution in [0.2, 0.25) is 0 Å². The Labute approximate surface area is 189 Å². The molecule has 1 saturated carbocycles. The van der Waals surface area contributed by atoms with Crippen molar-refractivity contribution in [2.45, 2.75) is 70.6 Å². The van der Waals surface area contributed by atoms with Gasteiger partial charge in [-0.25, -0.2) is 13.4 Å². The number of anilines is 2. The monoisotopic (exact) mass is 466 g/mol. The van der Waals surface area contributed by atoms with Gasteiger partial charge >= 0.3 is 0 Å². The number of aryl methyl sites for hydroxylation is 2. The van der Waals surface area contributed by atoms with Crippen LogP contribution in [0.25, 0.3) is 0 Å². The average molecular weight is 467 g/mol. The highest BCUT2D eigenvalue weighted by molar-refractivity contribution is 7.89. The zero-order chi connectivity index (χ0) is 23.5. The van der Waals surface area contributed by atoms with Crippen LogP contribution in [0.5, 0.6) is 0 Å². The van der Waals surface area contributed by atoms with E-state index in [-0.39, 0.29) is 23.1 Å². The maximum atomic E-state index is 13.0. The van der Waals surface area contributed by atoms with Crippen molar-refractivity contribution in [1.82, 2.24) is 24.2 Å². The van der Waals surface area contributed by atoms with E-state index >= 15 is 0 Å². The molecule has 2 aromatic rings. The Hall–Kier alpha value is -2.31. The molecule has 1 unspecified atom stereocenters. The largest absolute Gasteiger partial charge is 0.428 e. The molecule has 0 saturated heterocycles. The number of nitrogens with one attached hydrogen (secondary N) is 2. The minimum Gasteiger partial charge on any atom is -0.428 e. The summed E-state index contributed by atoms with van der Waals surface area (Å²) in [5.41, 5.74) is 6.94. The summed E-state index contributed by atoms with van der Waals surface area (Å²) in [5, 5.41) is 6.16. The van der Waals surface area contributed by atoms with Gasteiger partial charge < -0.3 is 20.8 Å². The number of rotatable bonds is 9. The van der Waals surface area contributed by atoms with Crippen LogP contribution in [0.15, 0.2) is 9.51 Å². The molecule has 0 radical (unpaired) electrons. The fourth-order valence-electron chi connectivity index (χ4n) is 4.13. The first-order chi connectivity index (χ1) is 15.2. The van der Waals surface area contributed by atoms with Crippen molar-refractivity contribution in [3.8, 4) is 0 Å². The van der Waals surface area contributed by atoms with Gasteiger partial charge in [0.2, 0.25) is 11.9 Å². The Balaban J connectivity index is 1.69. The Morgan fingerprint density at radius 1 is 1.03 bits per heavy atom. The zero-order valence-corrected chi connectivity index (χ0v) is 20.2. The minimum atomic E-state index is -3.74. The van der Waals surface area contributed by atoms with Crippen LogP contribution in [-0.2, 0) is 10.0 Å². The summed E-state index contributed by atoms with van der Waals surface area (Å²) in [7, 11) is -2.13. The molecular weight excluding hydrogens is 432 g/mol. The summed E-state index contributed by atoms with van der Waals surface area (Å²) in [4.78, 5) is 17.5. The molecule has 0 spiro atoms. The number of hydrogen-bond donors (Lipinski definition) is 3. The van der Waals surface area contributed by atoms with Crippen molar-refractivity contribution < 1.29 is 12.8 Å². The van der Waals surface area contributed by atoms with E-state index in [2.05, 4.69) is 30.6 Å². The molecule has 0 bridgehead atoms. The van der Waals surface area contributed by atoms with Crippen LogP contribution in [0.1, 0.15) is 63.0 Å². The predicted molar refractivity (Wildman–Crippen MR) is 122 cm³/mol. The molecule has 12 heteroatoms. The van der Waals surface area contributed by atoms with Gasteiger partial charge in [0.15, 0.2) is 11.7 Å². The van der Waals surface area contributed by atoms with Crippen LogP contribution in [0, 0.1) is 19.8 Å². The number of nitrogens with two attached hydrogens (primary N) is 1. The maximum absolute atomic E-state index is 13.0. The summed E-state index contributed by atoms with van der Waals surface area (Å²) >= 11 is 0. The van der Waals surface area contributed by atoms with Crippen molar-refractivity contribution in [2.24, 2.45) is 11.7 Å². The van der Waals surface area contributed by atoms with Gasteiger partial charge in [0, 0.05) is 33.1 Å². The van der Waals surface area contributed by atoms with Crippen molar-refractivity contribution in [2.75, 3.05) is 30.8 Å². The molecule has 32 heavy (non-hydrogen) atoms. The van der Waals surface area contributed by atoms with Crippen molar-refractivity contribution in [1.29, 1.82) is 0 Å². The second-order valence-electron chi connectivity index (χ2n) is 8.12. The Kier molecular flexibility index (Phi) is 7.67. The van der Waals surface area contributed by atoms with Crippen LogP contribution in [0.4, 0.5) is 11.9 Å². The molecule has 1 fully saturated rings. The summed E-state index contributed by atoms with van der Waals surface area (Å²) in [6.45, 7) is 8.63. The van der Waals surface area contributed by atoms with Crippen molar-refractivity contribution in [3.05, 3.63) is 17.4 Å². The van der Waals surface area contributed by atoms with E-state index in [4.69, 9.17) is 10.2 Å². The van der Waals surface area contributed by atoms with Gasteiger partial charge in [0.25, 0.3) is 15.1 Å².